The van der Waals surface area contributed by atoms with Crippen LogP contribution in [0.5, 0.6) is 0 Å². The van der Waals surface area contributed by atoms with E-state index in [1.807, 2.05) is 0 Å². The second-order valence-electron chi connectivity index (χ2n) is 4.51. The largest absolute Gasteiger partial charge is 0.391 e. The summed E-state index contributed by atoms with van der Waals surface area (Å²) < 4.78 is 13.0. The number of rotatable bonds is 1. The van der Waals surface area contributed by atoms with Crippen LogP contribution in [0, 0.1) is 12.7 Å². The highest BCUT2D eigenvalue weighted by Crippen LogP contribution is 2.17. The molecule has 0 radical (unpaired) electrons. The van der Waals surface area contributed by atoms with E-state index in [2.05, 4.69) is 0 Å². The standard InChI is InChI=1S/C13H16FNO2/c1-9-7-10(14)4-5-12(9)13(17)15-6-2-3-11(16)8-15/h4-5,7,11,16H,2-3,6,8H2,1H3/t11-/m1/s1. The highest BCUT2D eigenvalue weighted by Gasteiger charge is 2.23. The maximum absolute atomic E-state index is 13.0. The van der Waals surface area contributed by atoms with E-state index < -0.39 is 6.10 Å². The van der Waals surface area contributed by atoms with Crippen LogP contribution in [0.15, 0.2) is 18.2 Å². The molecule has 0 bridgehead atoms. The van der Waals surface area contributed by atoms with Crippen LogP contribution in [-0.4, -0.2) is 35.1 Å². The molecule has 4 heteroatoms. The molecule has 1 heterocycles. The Kier molecular flexibility index (Phi) is 3.43. The van der Waals surface area contributed by atoms with E-state index in [9.17, 15) is 14.3 Å². The van der Waals surface area contributed by atoms with Crippen LogP contribution < -0.4 is 0 Å². The Hall–Kier alpha value is -1.42. The van der Waals surface area contributed by atoms with E-state index in [4.69, 9.17) is 0 Å². The first-order valence-corrected chi connectivity index (χ1v) is 5.81. The summed E-state index contributed by atoms with van der Waals surface area (Å²) in [5.74, 6) is -0.459. The second-order valence-corrected chi connectivity index (χ2v) is 4.51. The molecule has 1 N–H and O–H groups in total. The molecule has 0 unspecified atom stereocenters. The van der Waals surface area contributed by atoms with Crippen LogP contribution in [0.4, 0.5) is 4.39 Å². The van der Waals surface area contributed by atoms with E-state index >= 15 is 0 Å². The molecule has 1 atom stereocenters. The van der Waals surface area contributed by atoms with E-state index in [-0.39, 0.29) is 11.7 Å². The average Bonchev–Trinajstić information content (AvgIpc) is 2.28. The lowest BCUT2D eigenvalue weighted by Crippen LogP contribution is -2.42. The minimum Gasteiger partial charge on any atom is -0.391 e. The van der Waals surface area contributed by atoms with Crippen LogP contribution in [0.2, 0.25) is 0 Å². The number of benzene rings is 1. The minimum absolute atomic E-state index is 0.124. The van der Waals surface area contributed by atoms with Crippen molar-refractivity contribution in [2.24, 2.45) is 0 Å². The fourth-order valence-electron chi connectivity index (χ4n) is 2.18. The van der Waals surface area contributed by atoms with Gasteiger partial charge in [-0.1, -0.05) is 0 Å². The van der Waals surface area contributed by atoms with E-state index in [1.165, 1.54) is 18.2 Å². The van der Waals surface area contributed by atoms with Crippen LogP contribution >= 0.6 is 0 Å². The number of carbonyl (C=O) groups is 1. The Labute approximate surface area is 99.9 Å². The van der Waals surface area contributed by atoms with Crippen molar-refractivity contribution >= 4 is 5.91 Å². The summed E-state index contributed by atoms with van der Waals surface area (Å²) in [6.45, 7) is 2.75. The van der Waals surface area contributed by atoms with Gasteiger partial charge in [0.25, 0.3) is 5.91 Å². The zero-order chi connectivity index (χ0) is 12.4. The van der Waals surface area contributed by atoms with Gasteiger partial charge in [0.15, 0.2) is 0 Å². The second kappa shape index (κ2) is 4.84. The van der Waals surface area contributed by atoms with Crippen LogP contribution in [0.3, 0.4) is 0 Å². The summed E-state index contributed by atoms with van der Waals surface area (Å²) in [6, 6.07) is 4.15. The maximum Gasteiger partial charge on any atom is 0.254 e. The molecule has 92 valence electrons. The van der Waals surface area contributed by atoms with Crippen molar-refractivity contribution in [3.05, 3.63) is 35.1 Å². The number of aliphatic hydroxyl groups is 1. The van der Waals surface area contributed by atoms with Crippen molar-refractivity contribution in [3.63, 3.8) is 0 Å². The molecule has 1 saturated heterocycles. The summed E-state index contributed by atoms with van der Waals surface area (Å²) in [4.78, 5) is 13.8. The molecule has 3 nitrogen and oxygen atoms in total. The lowest BCUT2D eigenvalue weighted by Gasteiger charge is -2.30. The number of amides is 1. The highest BCUT2D eigenvalue weighted by molar-refractivity contribution is 5.95. The van der Waals surface area contributed by atoms with Crippen molar-refractivity contribution in [2.45, 2.75) is 25.9 Å². The van der Waals surface area contributed by atoms with Crippen LogP contribution in [0.25, 0.3) is 0 Å². The molecular formula is C13H16FNO2. The average molecular weight is 237 g/mol. The molecule has 17 heavy (non-hydrogen) atoms. The van der Waals surface area contributed by atoms with Gasteiger partial charge in [0, 0.05) is 18.7 Å². The van der Waals surface area contributed by atoms with Gasteiger partial charge in [-0.05, 0) is 43.5 Å². The number of aryl methyl sites for hydroxylation is 1. The molecule has 0 spiro atoms. The molecule has 0 aliphatic carbocycles. The third kappa shape index (κ3) is 2.64. The van der Waals surface area contributed by atoms with Gasteiger partial charge >= 0.3 is 0 Å². The summed E-state index contributed by atoms with van der Waals surface area (Å²) in [5.41, 5.74) is 1.15. The first-order chi connectivity index (χ1) is 8.08. The monoisotopic (exact) mass is 237 g/mol. The Balaban J connectivity index is 2.18. The van der Waals surface area contributed by atoms with Crippen molar-refractivity contribution in [1.82, 2.24) is 4.90 Å². The fourth-order valence-corrected chi connectivity index (χ4v) is 2.18. The summed E-state index contributed by atoms with van der Waals surface area (Å²) in [5, 5.41) is 9.53. The van der Waals surface area contributed by atoms with Gasteiger partial charge in [-0.2, -0.15) is 0 Å². The minimum atomic E-state index is -0.437. The summed E-state index contributed by atoms with van der Waals surface area (Å²) in [6.07, 6.45) is 1.12. The topological polar surface area (TPSA) is 40.5 Å². The van der Waals surface area contributed by atoms with Crippen molar-refractivity contribution in [2.75, 3.05) is 13.1 Å². The third-order valence-corrected chi connectivity index (χ3v) is 3.10. The molecule has 0 aromatic heterocycles. The van der Waals surface area contributed by atoms with Gasteiger partial charge in [0.1, 0.15) is 5.82 Å². The fraction of sp³-hybridized carbons (Fsp3) is 0.462. The van der Waals surface area contributed by atoms with E-state index in [1.54, 1.807) is 11.8 Å². The number of piperidine rings is 1. The number of β-amino-alcohol motifs (C(OH)–C–C–N with tert-alkyl or cyclic N) is 1. The first kappa shape index (κ1) is 12.0. The molecule has 1 amide bonds. The SMILES string of the molecule is Cc1cc(F)ccc1C(=O)N1CCC[C@@H](O)C1. The predicted octanol–water partition coefficient (Wildman–Crippen LogP) is 1.73. The molecule has 2 rings (SSSR count). The van der Waals surface area contributed by atoms with E-state index in [0.717, 1.165) is 12.8 Å². The van der Waals surface area contributed by atoms with Crippen molar-refractivity contribution in [1.29, 1.82) is 0 Å². The molecular weight excluding hydrogens is 221 g/mol. The molecule has 1 aromatic rings. The Morgan fingerprint density at radius 2 is 2.29 bits per heavy atom. The Morgan fingerprint density at radius 3 is 2.94 bits per heavy atom. The number of hydrogen-bond donors (Lipinski definition) is 1. The zero-order valence-corrected chi connectivity index (χ0v) is 9.82. The number of likely N-dealkylation sites (tertiary alicyclic amines) is 1. The van der Waals surface area contributed by atoms with Crippen molar-refractivity contribution in [3.8, 4) is 0 Å². The smallest absolute Gasteiger partial charge is 0.254 e. The molecule has 1 aliphatic heterocycles. The van der Waals surface area contributed by atoms with Crippen LogP contribution in [0.1, 0.15) is 28.8 Å². The number of nitrogens with zero attached hydrogens (tertiary/aromatic N) is 1. The maximum atomic E-state index is 13.0. The Morgan fingerprint density at radius 1 is 1.53 bits per heavy atom. The molecule has 1 aromatic carbocycles. The number of halogens is 1. The van der Waals surface area contributed by atoms with E-state index in [0.29, 0.717) is 24.2 Å². The van der Waals surface area contributed by atoms with Crippen LogP contribution in [-0.2, 0) is 0 Å². The number of carbonyl (C=O) groups excluding carboxylic acids is 1. The van der Waals surface area contributed by atoms with Gasteiger partial charge in [0.2, 0.25) is 0 Å². The highest BCUT2D eigenvalue weighted by atomic mass is 19.1. The normalized spacial score (nSPS) is 20.4. The molecule has 1 fully saturated rings. The van der Waals surface area contributed by atoms with Gasteiger partial charge in [-0.25, -0.2) is 4.39 Å². The third-order valence-electron chi connectivity index (χ3n) is 3.10. The summed E-state index contributed by atoms with van der Waals surface area (Å²) in [7, 11) is 0. The molecule has 1 aliphatic rings. The number of hydrogen-bond acceptors (Lipinski definition) is 2. The number of aliphatic hydroxyl groups excluding tert-OH is 1. The lowest BCUT2D eigenvalue weighted by molar-refractivity contribution is 0.0473. The van der Waals surface area contributed by atoms with Gasteiger partial charge in [0.05, 0.1) is 6.10 Å². The van der Waals surface area contributed by atoms with Gasteiger partial charge in [-0.15, -0.1) is 0 Å². The predicted molar refractivity (Wildman–Crippen MR) is 62.3 cm³/mol. The van der Waals surface area contributed by atoms with Gasteiger partial charge in [-0.3, -0.25) is 4.79 Å². The van der Waals surface area contributed by atoms with Crippen molar-refractivity contribution < 1.29 is 14.3 Å². The van der Waals surface area contributed by atoms with Gasteiger partial charge < -0.3 is 10.0 Å². The quantitative estimate of drug-likeness (QED) is 0.808. The zero-order valence-electron chi connectivity index (χ0n) is 9.82. The first-order valence-electron chi connectivity index (χ1n) is 5.81. The Bertz CT molecular complexity index is 433. The summed E-state index contributed by atoms with van der Waals surface area (Å²) >= 11 is 0. The lowest BCUT2D eigenvalue weighted by atomic mass is 10.0. The molecule has 0 saturated carbocycles.